The molecule has 89 heavy (non-hydrogen) atoms. The average molecular weight is 1330 g/mol. The third-order valence-electron chi connectivity index (χ3n) is 16.9. The Bertz CT molecular complexity index is 3990. The van der Waals surface area contributed by atoms with Crippen LogP contribution in [-0.4, -0.2) is 114 Å². The van der Waals surface area contributed by atoms with Crippen molar-refractivity contribution >= 4 is 138 Å². The summed E-state index contributed by atoms with van der Waals surface area (Å²) in [4.78, 5) is 91.3. The third kappa shape index (κ3) is 14.8. The molecule has 4 fully saturated rings. The molecule has 24 heteroatoms. The molecule has 6 heterocycles. The predicted molar refractivity (Wildman–Crippen MR) is 346 cm³/mol. The van der Waals surface area contributed by atoms with Gasteiger partial charge in [-0.05, 0) is 98.9 Å². The SMILES string of the molecule is COC(=O)CCc1cnc([C@@H]2C[C@H](OC3CCC3)CN2C(=O)Cc2cc(Cl)c(NC(=O)c3cn(C)c4ccccc34)cc2Cl)s1.Cn1cc(C(=O)Nc2cc(Cl)c(CC(=O)N3C[C@@H](OC4CCC4)C[C@H]3c3ncc(CCC(=O)O)s3)cc2Cl)c2ccccc21. The van der Waals surface area contributed by atoms with Crippen LogP contribution in [0.15, 0.2) is 97.6 Å². The topological polar surface area (TPSA) is 217 Å². The molecule has 4 aliphatic rings. The minimum Gasteiger partial charge on any atom is -0.481 e. The molecule has 2 saturated carbocycles. The molecule has 2 saturated heterocycles. The summed E-state index contributed by atoms with van der Waals surface area (Å²) in [5, 5.41) is 19.3. The number of hydrogen-bond donors (Lipinski definition) is 3. The second-order valence-electron chi connectivity index (χ2n) is 23.0. The van der Waals surface area contributed by atoms with E-state index in [9.17, 15) is 28.8 Å². The summed E-state index contributed by atoms with van der Waals surface area (Å²) in [6, 6.07) is 21.2. The van der Waals surface area contributed by atoms with E-state index in [1.165, 1.54) is 29.8 Å². The van der Waals surface area contributed by atoms with E-state index in [2.05, 4.69) is 20.6 Å². The zero-order chi connectivity index (χ0) is 62.6. The van der Waals surface area contributed by atoms with E-state index < -0.39 is 5.97 Å². The molecular weight excluding hydrogens is 1260 g/mol. The maximum Gasteiger partial charge on any atom is 0.305 e. The van der Waals surface area contributed by atoms with Gasteiger partial charge in [-0.1, -0.05) is 82.8 Å². The fraction of sp³-hybridized carbons (Fsp3) is 0.385. The molecule has 8 aromatic rings. The minimum atomic E-state index is -0.860. The molecule has 4 atom stereocenters. The highest BCUT2D eigenvalue weighted by molar-refractivity contribution is 7.12. The molecule has 466 valence electrons. The molecule has 0 unspecified atom stereocenters. The van der Waals surface area contributed by atoms with Crippen LogP contribution < -0.4 is 10.6 Å². The lowest BCUT2D eigenvalue weighted by Crippen LogP contribution is -2.35. The molecule has 0 spiro atoms. The van der Waals surface area contributed by atoms with Gasteiger partial charge in [0, 0.05) is 106 Å². The smallest absolute Gasteiger partial charge is 0.305 e. The average Bonchev–Trinajstić information content (AvgIpc) is 1.80. The van der Waals surface area contributed by atoms with E-state index in [0.717, 1.165) is 80.1 Å². The number of halogens is 4. The second kappa shape index (κ2) is 28.1. The van der Waals surface area contributed by atoms with Crippen LogP contribution in [0.3, 0.4) is 0 Å². The highest BCUT2D eigenvalue weighted by Gasteiger charge is 2.42. The number of ether oxygens (including phenoxy) is 3. The van der Waals surface area contributed by atoms with Gasteiger partial charge >= 0.3 is 11.9 Å². The fourth-order valence-electron chi connectivity index (χ4n) is 11.7. The number of carbonyl (C=O) groups is 6. The number of carboxylic acid groups (broad SMARTS) is 1. The first-order valence-corrected chi connectivity index (χ1v) is 32.7. The Hall–Kier alpha value is -6.88. The van der Waals surface area contributed by atoms with Gasteiger partial charge in [-0.15, -0.1) is 22.7 Å². The molecule has 0 bridgehead atoms. The van der Waals surface area contributed by atoms with Crippen LogP contribution >= 0.6 is 69.1 Å². The van der Waals surface area contributed by atoms with Gasteiger partial charge in [0.2, 0.25) is 11.8 Å². The van der Waals surface area contributed by atoms with E-state index in [1.807, 2.05) is 76.7 Å². The molecule has 12 rings (SSSR count). The zero-order valence-electron chi connectivity index (χ0n) is 49.1. The normalized spacial score (nSPS) is 18.4. The summed E-state index contributed by atoms with van der Waals surface area (Å²) < 4.78 is 21.2. The van der Waals surface area contributed by atoms with Crippen LogP contribution in [0.25, 0.3) is 21.8 Å². The molecule has 3 N–H and O–H groups in total. The first-order chi connectivity index (χ1) is 42.8. The van der Waals surface area contributed by atoms with Crippen LogP contribution in [0.5, 0.6) is 0 Å². The van der Waals surface area contributed by atoms with Crippen molar-refractivity contribution in [3.8, 4) is 0 Å². The van der Waals surface area contributed by atoms with Crippen molar-refractivity contribution in [1.82, 2.24) is 28.9 Å². The van der Waals surface area contributed by atoms with Crippen LogP contribution in [0.4, 0.5) is 11.4 Å². The quantitative estimate of drug-likeness (QED) is 0.0608. The maximum absolute atomic E-state index is 13.8. The number of fused-ring (bicyclic) bond motifs is 2. The first kappa shape index (κ1) is 63.7. The summed E-state index contributed by atoms with van der Waals surface area (Å²) >= 11 is 29.5. The molecule has 4 amide bonds. The predicted octanol–water partition coefficient (Wildman–Crippen LogP) is 13.4. The van der Waals surface area contributed by atoms with E-state index >= 15 is 0 Å². The Morgan fingerprint density at radius 3 is 1.43 bits per heavy atom. The number of carboxylic acids is 1. The first-order valence-electron chi connectivity index (χ1n) is 29.6. The second-order valence-corrected chi connectivity index (χ2v) is 26.9. The fourth-order valence-corrected chi connectivity index (χ4v) is 14.7. The Balaban J connectivity index is 0.000000184. The number of benzene rings is 4. The number of likely N-dealkylation sites (tertiary alicyclic amines) is 2. The lowest BCUT2D eigenvalue weighted by Gasteiger charge is -2.28. The van der Waals surface area contributed by atoms with Gasteiger partial charge in [-0.25, -0.2) is 9.97 Å². The van der Waals surface area contributed by atoms with Crippen LogP contribution in [0, 0.1) is 0 Å². The summed E-state index contributed by atoms with van der Waals surface area (Å²) in [6.07, 6.45) is 16.3. The molecular formula is C65H66Cl4N8O10S2. The van der Waals surface area contributed by atoms with Crippen LogP contribution in [-0.2, 0) is 73.2 Å². The lowest BCUT2D eigenvalue weighted by molar-refractivity contribution is -0.140. The van der Waals surface area contributed by atoms with Gasteiger partial charge < -0.3 is 48.9 Å². The van der Waals surface area contributed by atoms with E-state index in [0.29, 0.717) is 82.4 Å². The Morgan fingerprint density at radius 2 is 1.02 bits per heavy atom. The number of aliphatic carboxylic acids is 1. The summed E-state index contributed by atoms with van der Waals surface area (Å²) in [7, 11) is 5.15. The molecule has 0 radical (unpaired) electrons. The van der Waals surface area contributed by atoms with Crippen molar-refractivity contribution < 1.29 is 48.1 Å². The van der Waals surface area contributed by atoms with E-state index in [1.54, 1.807) is 54.0 Å². The summed E-state index contributed by atoms with van der Waals surface area (Å²) in [5.74, 6) is -2.00. The third-order valence-corrected chi connectivity index (χ3v) is 20.5. The van der Waals surface area contributed by atoms with Crippen LogP contribution in [0.2, 0.25) is 20.1 Å². The summed E-state index contributed by atoms with van der Waals surface area (Å²) in [5.41, 5.74) is 4.75. The number of carbonyl (C=O) groups excluding carboxylic acids is 5. The minimum absolute atomic E-state index is 0.0139. The number of thiazole rings is 2. The van der Waals surface area contributed by atoms with Gasteiger partial charge in [0.05, 0.1) is 102 Å². The number of aryl methyl sites for hydroxylation is 4. The Labute approximate surface area is 542 Å². The lowest BCUT2D eigenvalue weighted by atomic mass is 9.96. The number of amides is 4. The van der Waals surface area contributed by atoms with Crippen molar-refractivity contribution in [2.24, 2.45) is 14.1 Å². The number of nitrogens with zero attached hydrogens (tertiary/aromatic N) is 6. The molecule has 2 aliphatic heterocycles. The molecule has 4 aromatic carbocycles. The maximum atomic E-state index is 13.8. The van der Waals surface area contributed by atoms with Crippen molar-refractivity contribution in [2.75, 3.05) is 30.8 Å². The number of nitrogens with one attached hydrogen (secondary N) is 2. The molecule has 18 nitrogen and oxygen atoms in total. The Morgan fingerprint density at radius 1 is 0.596 bits per heavy atom. The number of para-hydroxylation sites is 2. The van der Waals surface area contributed by atoms with Crippen molar-refractivity contribution in [2.45, 2.75) is 126 Å². The number of hydrogen-bond acceptors (Lipinski definition) is 13. The number of rotatable bonds is 20. The summed E-state index contributed by atoms with van der Waals surface area (Å²) in [6.45, 7) is 0.899. The standard InChI is InChI=1S/C33H34Cl2N4O5S.C32H32Cl2N4O5S/c1-38-18-24(23-8-3-4-9-28(23)38)32(42)37-27-15-25(34)19(12-26(27)35)13-30(40)39-17-21(44-20-6-5-7-20)14-29(39)33-36-16-22(45-33)10-11-31(41)43-2;1-37-17-23(22-7-2-3-8-27(22)37)31(42)36-26-14-24(33)18(11-25(26)34)12-29(39)38-16-20(43-19-5-4-6-19)13-28(38)32-35-15-21(44-32)9-10-30(40)41/h3-4,8-9,12,15-16,18,20-21,29H,5-7,10-11,13-14,17H2,1-2H3,(H,37,42);2-3,7-8,11,14-15,17,19-20,28H,4-6,9-10,12-13,16H2,1H3,(H,36,42)(H,40,41)/t21-,29-;20-,28-/m00/s1. The van der Waals surface area contributed by atoms with Crippen LogP contribution in [0.1, 0.15) is 128 Å². The van der Waals surface area contributed by atoms with Gasteiger partial charge in [-0.3, -0.25) is 28.8 Å². The molecule has 4 aromatic heterocycles. The van der Waals surface area contributed by atoms with Crippen molar-refractivity contribution in [3.05, 3.63) is 160 Å². The number of esters is 1. The van der Waals surface area contributed by atoms with Gasteiger partial charge in [0.1, 0.15) is 10.0 Å². The molecule has 2 aliphatic carbocycles. The number of methoxy groups -OCH3 is 1. The highest BCUT2D eigenvalue weighted by Crippen LogP contribution is 2.42. The largest absolute Gasteiger partial charge is 0.481 e. The van der Waals surface area contributed by atoms with Gasteiger partial charge in [0.25, 0.3) is 11.8 Å². The van der Waals surface area contributed by atoms with Crippen molar-refractivity contribution in [3.63, 3.8) is 0 Å². The van der Waals surface area contributed by atoms with E-state index in [4.69, 9.17) is 65.7 Å². The highest BCUT2D eigenvalue weighted by atomic mass is 35.5. The Kier molecular flexibility index (Phi) is 20.1. The van der Waals surface area contributed by atoms with Gasteiger partial charge in [-0.2, -0.15) is 0 Å². The monoisotopic (exact) mass is 1320 g/mol. The van der Waals surface area contributed by atoms with E-state index in [-0.39, 0.29) is 102 Å². The zero-order valence-corrected chi connectivity index (χ0v) is 53.8. The number of anilines is 2. The number of aromatic nitrogens is 4. The van der Waals surface area contributed by atoms with Crippen molar-refractivity contribution in [1.29, 1.82) is 0 Å². The van der Waals surface area contributed by atoms with Gasteiger partial charge in [0.15, 0.2) is 0 Å².